The van der Waals surface area contributed by atoms with Crippen LogP contribution in [0.3, 0.4) is 0 Å². The predicted molar refractivity (Wildman–Crippen MR) is 39.3 cm³/mol. The van der Waals surface area contributed by atoms with Gasteiger partial charge in [-0.15, -0.1) is 0 Å². The molecule has 1 aromatic heterocycles. The largest absolute Gasteiger partial charge is 2.00 e. The van der Waals surface area contributed by atoms with Crippen LogP contribution in [-0.2, 0) is 11.5 Å². The third-order valence-corrected chi connectivity index (χ3v) is 1.04. The van der Waals surface area contributed by atoms with E-state index in [-0.39, 0.29) is 40.0 Å². The molecule has 0 aliphatic carbocycles. The van der Waals surface area contributed by atoms with Gasteiger partial charge in [0, 0.05) is 7.11 Å². The molecule has 0 spiro atoms. The van der Waals surface area contributed by atoms with E-state index in [1.165, 1.54) is 4.80 Å². The Labute approximate surface area is 99.7 Å². The fraction of sp³-hybridized carbons (Fsp3) is 0.500. The van der Waals surface area contributed by atoms with Gasteiger partial charge in [0.2, 0.25) is 0 Å². The third kappa shape index (κ3) is 5.13. The first-order valence-corrected chi connectivity index (χ1v) is 3.09. The van der Waals surface area contributed by atoms with Gasteiger partial charge in [0.05, 0.1) is 0 Å². The zero-order chi connectivity index (χ0) is 6.69. The molecule has 0 aromatic carbocycles. The average Bonchev–Trinajstić information content (AvgIpc) is 2.17. The standard InChI is InChI=1S/C4H5BrN3O.BrH.Mg/c1-9-3-8-6-2-4(5)7-8;;/h3H2,1H3;1H;/q-1;;+2/p-1. The summed E-state index contributed by atoms with van der Waals surface area (Å²) in [7, 11) is 1.58. The number of rotatable bonds is 2. The first-order valence-electron chi connectivity index (χ1n) is 2.30. The van der Waals surface area contributed by atoms with Crippen molar-refractivity contribution in [1.29, 1.82) is 0 Å². The van der Waals surface area contributed by atoms with E-state index in [9.17, 15) is 0 Å². The van der Waals surface area contributed by atoms with E-state index in [1.54, 1.807) is 7.11 Å². The molecule has 0 amide bonds. The molecule has 0 unspecified atom stereocenters. The first kappa shape index (κ1) is 14.4. The summed E-state index contributed by atoms with van der Waals surface area (Å²) in [5.41, 5.74) is 0. The van der Waals surface area contributed by atoms with E-state index < -0.39 is 0 Å². The maximum absolute atomic E-state index is 4.74. The molecular formula is C4H5Br2MgN3O. The maximum atomic E-state index is 4.74. The molecule has 1 rings (SSSR count). The number of hydrogen-bond acceptors (Lipinski definition) is 3. The Balaban J connectivity index is 0. The van der Waals surface area contributed by atoms with Crippen molar-refractivity contribution in [2.75, 3.05) is 7.11 Å². The molecule has 0 radical (unpaired) electrons. The van der Waals surface area contributed by atoms with Crippen LogP contribution in [-0.4, -0.2) is 45.2 Å². The Morgan fingerprint density at radius 1 is 1.73 bits per heavy atom. The molecule has 0 atom stereocenters. The molecule has 0 bridgehead atoms. The number of aromatic nitrogens is 3. The summed E-state index contributed by atoms with van der Waals surface area (Å²) in [5.74, 6) is 0. The average molecular weight is 295 g/mol. The smallest absolute Gasteiger partial charge is 1.00 e. The van der Waals surface area contributed by atoms with Crippen molar-refractivity contribution in [3.63, 3.8) is 0 Å². The van der Waals surface area contributed by atoms with Crippen LogP contribution in [0.1, 0.15) is 0 Å². The predicted octanol–water partition coefficient (Wildman–Crippen LogP) is -2.93. The second-order valence-corrected chi connectivity index (χ2v) is 2.14. The Morgan fingerprint density at radius 2 is 2.36 bits per heavy atom. The molecule has 0 saturated carbocycles. The monoisotopic (exact) mass is 293 g/mol. The minimum atomic E-state index is 0. The van der Waals surface area contributed by atoms with Crippen LogP contribution in [0.2, 0.25) is 0 Å². The summed E-state index contributed by atoms with van der Waals surface area (Å²) >= 11 is 3.10. The maximum Gasteiger partial charge on any atom is 2.00 e. The molecule has 0 fully saturated rings. The van der Waals surface area contributed by atoms with Crippen LogP contribution in [0, 0.1) is 6.20 Å². The van der Waals surface area contributed by atoms with Gasteiger partial charge in [-0.05, 0) is 4.60 Å². The molecule has 0 N–H and O–H groups in total. The van der Waals surface area contributed by atoms with Crippen molar-refractivity contribution >= 4 is 39.0 Å². The van der Waals surface area contributed by atoms with Gasteiger partial charge in [-0.25, -0.2) is 0 Å². The number of nitrogens with zero attached hydrogens (tertiary/aromatic N) is 3. The van der Waals surface area contributed by atoms with Crippen LogP contribution in [0.25, 0.3) is 0 Å². The fourth-order valence-electron chi connectivity index (χ4n) is 0.418. The second-order valence-electron chi connectivity index (χ2n) is 1.39. The van der Waals surface area contributed by atoms with Gasteiger partial charge in [0.25, 0.3) is 0 Å². The van der Waals surface area contributed by atoms with E-state index in [0.29, 0.717) is 11.3 Å². The zero-order valence-electron chi connectivity index (χ0n) is 5.92. The molecule has 1 aromatic rings. The van der Waals surface area contributed by atoms with Gasteiger partial charge >= 0.3 is 23.1 Å². The third-order valence-electron chi connectivity index (χ3n) is 0.705. The van der Waals surface area contributed by atoms with Crippen molar-refractivity contribution in [1.82, 2.24) is 15.0 Å². The van der Waals surface area contributed by atoms with Crippen molar-refractivity contribution in [2.45, 2.75) is 6.73 Å². The van der Waals surface area contributed by atoms with E-state index >= 15 is 0 Å². The van der Waals surface area contributed by atoms with Crippen molar-refractivity contribution in [2.24, 2.45) is 0 Å². The van der Waals surface area contributed by atoms with Gasteiger partial charge in [-0.2, -0.15) is 9.90 Å². The van der Waals surface area contributed by atoms with Crippen LogP contribution in [0.5, 0.6) is 0 Å². The summed E-state index contributed by atoms with van der Waals surface area (Å²) in [6.45, 7) is 0.363. The van der Waals surface area contributed by atoms with Gasteiger partial charge in [-0.1, -0.05) is 15.9 Å². The quantitative estimate of drug-likeness (QED) is 0.433. The van der Waals surface area contributed by atoms with Crippen molar-refractivity contribution < 1.29 is 21.7 Å². The summed E-state index contributed by atoms with van der Waals surface area (Å²) < 4.78 is 5.34. The van der Waals surface area contributed by atoms with E-state index in [1.807, 2.05) is 0 Å². The summed E-state index contributed by atoms with van der Waals surface area (Å²) in [5, 5.41) is 7.56. The molecule has 4 nitrogen and oxygen atoms in total. The topological polar surface area (TPSA) is 39.9 Å². The number of ether oxygens (including phenoxy) is 1. The Bertz CT molecular complexity index is 195. The minimum absolute atomic E-state index is 0. The molecule has 0 aliphatic heterocycles. The summed E-state index contributed by atoms with van der Waals surface area (Å²) in [4.78, 5) is 1.39. The molecule has 1 heterocycles. The fourth-order valence-corrected chi connectivity index (χ4v) is 0.681. The second kappa shape index (κ2) is 7.47. The van der Waals surface area contributed by atoms with Crippen LogP contribution < -0.4 is 17.0 Å². The number of halogens is 2. The van der Waals surface area contributed by atoms with E-state index in [4.69, 9.17) is 4.74 Å². The van der Waals surface area contributed by atoms with Gasteiger partial charge in [0.1, 0.15) is 0 Å². The normalized spacial score (nSPS) is 8.18. The minimum Gasteiger partial charge on any atom is -1.00 e. The van der Waals surface area contributed by atoms with E-state index in [0.717, 1.165) is 0 Å². The Hall–Kier alpha value is 0.826. The number of methoxy groups -OCH3 is 1. The van der Waals surface area contributed by atoms with Gasteiger partial charge in [0.15, 0.2) is 6.73 Å². The van der Waals surface area contributed by atoms with Crippen LogP contribution >= 0.6 is 15.9 Å². The molecule has 7 heteroatoms. The number of hydrogen-bond donors (Lipinski definition) is 0. The summed E-state index contributed by atoms with van der Waals surface area (Å²) in [6, 6.07) is 0. The van der Waals surface area contributed by atoms with Crippen molar-refractivity contribution in [3.05, 3.63) is 10.8 Å². The molecule has 58 valence electrons. The molecule has 0 saturated heterocycles. The summed E-state index contributed by atoms with van der Waals surface area (Å²) in [6.07, 6.45) is 2.59. The van der Waals surface area contributed by atoms with Crippen molar-refractivity contribution in [3.8, 4) is 0 Å². The van der Waals surface area contributed by atoms with E-state index in [2.05, 4.69) is 32.3 Å². The van der Waals surface area contributed by atoms with Crippen LogP contribution in [0.15, 0.2) is 4.60 Å². The Morgan fingerprint density at radius 3 is 2.73 bits per heavy atom. The SMILES string of the molecule is COCn1n[c-]c(Br)n1.[Br-].[Mg+2]. The molecular weight excluding hydrogens is 290 g/mol. The molecule has 0 aliphatic rings. The van der Waals surface area contributed by atoms with Gasteiger partial charge in [-0.3, -0.25) is 0 Å². The van der Waals surface area contributed by atoms with Crippen LogP contribution in [0.4, 0.5) is 0 Å². The molecule has 11 heavy (non-hydrogen) atoms. The zero-order valence-corrected chi connectivity index (χ0v) is 10.5. The van der Waals surface area contributed by atoms with Gasteiger partial charge < -0.3 is 33.0 Å². The first-order chi connectivity index (χ1) is 4.33. The Kier molecular flexibility index (Phi) is 9.75.